The fourth-order valence-corrected chi connectivity index (χ4v) is 2.26. The van der Waals surface area contributed by atoms with Crippen molar-refractivity contribution in [3.63, 3.8) is 0 Å². The van der Waals surface area contributed by atoms with Crippen molar-refractivity contribution in [3.8, 4) is 0 Å². The third-order valence-corrected chi connectivity index (χ3v) is 3.20. The Balaban J connectivity index is 1.97. The summed E-state index contributed by atoms with van der Waals surface area (Å²) in [5.74, 6) is 0. The van der Waals surface area contributed by atoms with Crippen LogP contribution in [0.5, 0.6) is 0 Å². The molecule has 16 heavy (non-hydrogen) atoms. The summed E-state index contributed by atoms with van der Waals surface area (Å²) < 4.78 is 0. The number of halogens is 1. The van der Waals surface area contributed by atoms with Gasteiger partial charge in [-0.1, -0.05) is 48.7 Å². The summed E-state index contributed by atoms with van der Waals surface area (Å²) in [5.41, 5.74) is 1.18. The summed E-state index contributed by atoms with van der Waals surface area (Å²) in [7, 11) is 0. The molecule has 1 aliphatic rings. The van der Waals surface area contributed by atoms with Crippen molar-refractivity contribution in [2.75, 3.05) is 6.54 Å². The van der Waals surface area contributed by atoms with E-state index >= 15 is 0 Å². The smallest absolute Gasteiger partial charge is 0.0411 e. The van der Waals surface area contributed by atoms with Gasteiger partial charge in [0.1, 0.15) is 0 Å². The highest BCUT2D eigenvalue weighted by molar-refractivity contribution is 6.30. The second kappa shape index (κ2) is 6.07. The number of nitrogens with one attached hydrogen (secondary N) is 1. The molecule has 0 aliphatic carbocycles. The van der Waals surface area contributed by atoms with Gasteiger partial charge in [0.25, 0.3) is 0 Å². The van der Waals surface area contributed by atoms with Crippen molar-refractivity contribution in [2.24, 2.45) is 0 Å². The van der Waals surface area contributed by atoms with E-state index in [2.05, 4.69) is 23.5 Å². The van der Waals surface area contributed by atoms with Crippen molar-refractivity contribution in [2.45, 2.75) is 31.7 Å². The number of hydrogen-bond donors (Lipinski definition) is 1. The van der Waals surface area contributed by atoms with Crippen molar-refractivity contribution >= 4 is 17.7 Å². The Hall–Kier alpha value is -0.790. The van der Waals surface area contributed by atoms with E-state index in [1.165, 1.54) is 31.2 Å². The van der Waals surface area contributed by atoms with Crippen LogP contribution in [-0.4, -0.2) is 12.6 Å². The molecular weight excluding hydrogens is 218 g/mol. The lowest BCUT2D eigenvalue weighted by atomic mass is 10.1. The zero-order valence-corrected chi connectivity index (χ0v) is 10.2. The molecule has 1 aromatic rings. The van der Waals surface area contributed by atoms with Crippen LogP contribution >= 0.6 is 11.6 Å². The van der Waals surface area contributed by atoms with Gasteiger partial charge in [-0.05, 0) is 37.1 Å². The standard InChI is InChI=1S/C14H18ClN/c15-13-6-4-5-12(11-13)8-9-14-7-2-1-3-10-16-14/h4-6,8-9,11,14,16H,1-3,7,10H2/b9-8+. The second-order valence-electron chi connectivity index (χ2n) is 4.32. The van der Waals surface area contributed by atoms with Crippen LogP contribution in [0.15, 0.2) is 30.3 Å². The Kier molecular flexibility index (Phi) is 4.44. The van der Waals surface area contributed by atoms with Crippen molar-refractivity contribution in [1.29, 1.82) is 0 Å². The monoisotopic (exact) mass is 235 g/mol. The van der Waals surface area contributed by atoms with E-state index in [-0.39, 0.29) is 0 Å². The van der Waals surface area contributed by atoms with Gasteiger partial charge in [0.05, 0.1) is 0 Å². The first-order valence-electron chi connectivity index (χ1n) is 6.02. The fourth-order valence-electron chi connectivity index (χ4n) is 2.06. The van der Waals surface area contributed by atoms with Crippen molar-refractivity contribution in [3.05, 3.63) is 40.9 Å². The molecule has 1 fully saturated rings. The molecule has 1 aromatic carbocycles. The largest absolute Gasteiger partial charge is 0.311 e. The molecule has 0 radical (unpaired) electrons. The van der Waals surface area contributed by atoms with Crippen LogP contribution in [0, 0.1) is 0 Å². The molecule has 1 atom stereocenters. The van der Waals surface area contributed by atoms with E-state index in [4.69, 9.17) is 11.6 Å². The van der Waals surface area contributed by atoms with Gasteiger partial charge >= 0.3 is 0 Å². The van der Waals surface area contributed by atoms with E-state index in [0.717, 1.165) is 11.6 Å². The van der Waals surface area contributed by atoms with Gasteiger partial charge in [-0.15, -0.1) is 0 Å². The second-order valence-corrected chi connectivity index (χ2v) is 4.76. The molecule has 86 valence electrons. The molecule has 0 bridgehead atoms. The van der Waals surface area contributed by atoms with E-state index < -0.39 is 0 Å². The summed E-state index contributed by atoms with van der Waals surface area (Å²) in [6.45, 7) is 1.14. The maximum atomic E-state index is 5.94. The molecule has 1 unspecified atom stereocenters. The minimum atomic E-state index is 0.529. The maximum absolute atomic E-state index is 5.94. The third-order valence-electron chi connectivity index (χ3n) is 2.97. The van der Waals surface area contributed by atoms with Gasteiger partial charge in [0.15, 0.2) is 0 Å². The molecule has 1 heterocycles. The fraction of sp³-hybridized carbons (Fsp3) is 0.429. The molecule has 0 aromatic heterocycles. The zero-order valence-electron chi connectivity index (χ0n) is 9.45. The van der Waals surface area contributed by atoms with E-state index in [1.54, 1.807) is 0 Å². The maximum Gasteiger partial charge on any atom is 0.0411 e. The van der Waals surface area contributed by atoms with Gasteiger partial charge < -0.3 is 5.32 Å². The van der Waals surface area contributed by atoms with E-state index in [0.29, 0.717) is 6.04 Å². The molecule has 0 spiro atoms. The zero-order chi connectivity index (χ0) is 11.2. The first-order valence-corrected chi connectivity index (χ1v) is 6.39. The molecule has 0 amide bonds. The van der Waals surface area contributed by atoms with Crippen molar-refractivity contribution < 1.29 is 0 Å². The van der Waals surface area contributed by atoms with Crippen LogP contribution in [0.2, 0.25) is 5.02 Å². The Bertz CT molecular complexity index is 352. The van der Waals surface area contributed by atoms with Crippen LogP contribution in [-0.2, 0) is 0 Å². The van der Waals surface area contributed by atoms with Gasteiger partial charge in [-0.25, -0.2) is 0 Å². The van der Waals surface area contributed by atoms with Crippen LogP contribution in [0.4, 0.5) is 0 Å². The Morgan fingerprint density at radius 3 is 3.06 bits per heavy atom. The molecule has 2 rings (SSSR count). The lowest BCUT2D eigenvalue weighted by Crippen LogP contribution is -2.25. The SMILES string of the molecule is Clc1cccc(/C=C/C2CCCCCN2)c1. The van der Waals surface area contributed by atoms with Gasteiger partial charge in [0.2, 0.25) is 0 Å². The van der Waals surface area contributed by atoms with Gasteiger partial charge in [0, 0.05) is 11.1 Å². The van der Waals surface area contributed by atoms with Crippen LogP contribution < -0.4 is 5.32 Å². The number of benzene rings is 1. The van der Waals surface area contributed by atoms with Crippen LogP contribution in [0.25, 0.3) is 6.08 Å². The molecule has 2 heteroatoms. The summed E-state index contributed by atoms with van der Waals surface area (Å²) in [6, 6.07) is 8.50. The predicted molar refractivity (Wildman–Crippen MR) is 70.7 cm³/mol. The highest BCUT2D eigenvalue weighted by Crippen LogP contribution is 2.14. The number of rotatable bonds is 2. The predicted octanol–water partition coefficient (Wildman–Crippen LogP) is 3.89. The number of hydrogen-bond acceptors (Lipinski definition) is 1. The molecule has 1 N–H and O–H groups in total. The Morgan fingerprint density at radius 1 is 1.25 bits per heavy atom. The average Bonchev–Trinajstić information content (AvgIpc) is 2.55. The highest BCUT2D eigenvalue weighted by atomic mass is 35.5. The molecule has 1 saturated heterocycles. The van der Waals surface area contributed by atoms with Crippen LogP contribution in [0.1, 0.15) is 31.2 Å². The summed E-state index contributed by atoms with van der Waals surface area (Å²) >= 11 is 5.94. The summed E-state index contributed by atoms with van der Waals surface area (Å²) in [6.07, 6.45) is 9.66. The molecular formula is C14H18ClN. The lowest BCUT2D eigenvalue weighted by molar-refractivity contribution is 0.599. The minimum Gasteiger partial charge on any atom is -0.311 e. The molecule has 1 aliphatic heterocycles. The first kappa shape index (κ1) is 11.7. The normalized spacial score (nSPS) is 22.2. The Labute approximate surface area is 103 Å². The minimum absolute atomic E-state index is 0.529. The summed E-state index contributed by atoms with van der Waals surface area (Å²) in [5, 5.41) is 4.35. The Morgan fingerprint density at radius 2 is 2.19 bits per heavy atom. The van der Waals surface area contributed by atoms with E-state index in [1.807, 2.05) is 18.2 Å². The highest BCUT2D eigenvalue weighted by Gasteiger charge is 2.07. The molecule has 1 nitrogen and oxygen atoms in total. The summed E-state index contributed by atoms with van der Waals surface area (Å²) in [4.78, 5) is 0. The third kappa shape index (κ3) is 3.66. The van der Waals surface area contributed by atoms with E-state index in [9.17, 15) is 0 Å². The van der Waals surface area contributed by atoms with Gasteiger partial charge in [-0.2, -0.15) is 0 Å². The van der Waals surface area contributed by atoms with Crippen molar-refractivity contribution in [1.82, 2.24) is 5.32 Å². The van der Waals surface area contributed by atoms with Crippen LogP contribution in [0.3, 0.4) is 0 Å². The van der Waals surface area contributed by atoms with Gasteiger partial charge in [-0.3, -0.25) is 0 Å². The molecule has 0 saturated carbocycles. The topological polar surface area (TPSA) is 12.0 Å². The average molecular weight is 236 g/mol. The quantitative estimate of drug-likeness (QED) is 0.820. The lowest BCUT2D eigenvalue weighted by Gasteiger charge is -2.10. The first-order chi connectivity index (χ1) is 7.84.